The molecule has 0 aliphatic heterocycles. The SMILES string of the molecule is C=C(C)CN(C)C(=O)NC1CCCC1(C)C(=O)O. The number of likely N-dealkylation sites (N-methyl/N-ethyl adjacent to an activating group) is 1. The van der Waals surface area contributed by atoms with Crippen LogP contribution in [0.25, 0.3) is 0 Å². The maximum atomic E-state index is 11.9. The molecule has 1 saturated carbocycles. The first-order valence-corrected chi connectivity index (χ1v) is 6.17. The predicted molar refractivity (Wildman–Crippen MR) is 69.4 cm³/mol. The van der Waals surface area contributed by atoms with Gasteiger partial charge in [-0.05, 0) is 26.7 Å². The number of carboxylic acids is 1. The number of carboxylic acid groups (broad SMARTS) is 1. The van der Waals surface area contributed by atoms with Gasteiger partial charge in [0.1, 0.15) is 0 Å². The molecule has 2 amide bonds. The molecule has 0 aromatic heterocycles. The molecule has 1 aliphatic rings. The second-order valence-corrected chi connectivity index (χ2v) is 5.43. The molecule has 0 aromatic carbocycles. The van der Waals surface area contributed by atoms with Crippen molar-refractivity contribution in [2.75, 3.05) is 13.6 Å². The van der Waals surface area contributed by atoms with E-state index in [0.717, 1.165) is 18.4 Å². The Hall–Kier alpha value is -1.52. The van der Waals surface area contributed by atoms with Crippen LogP contribution in [0.3, 0.4) is 0 Å². The van der Waals surface area contributed by atoms with Crippen LogP contribution in [0.2, 0.25) is 0 Å². The van der Waals surface area contributed by atoms with Crippen molar-refractivity contribution in [3.8, 4) is 0 Å². The summed E-state index contributed by atoms with van der Waals surface area (Å²) in [6.07, 6.45) is 2.16. The molecule has 1 aliphatic carbocycles. The van der Waals surface area contributed by atoms with Crippen LogP contribution in [0.5, 0.6) is 0 Å². The number of hydrogen-bond acceptors (Lipinski definition) is 2. The van der Waals surface area contributed by atoms with Gasteiger partial charge in [-0.25, -0.2) is 4.79 Å². The summed E-state index contributed by atoms with van der Waals surface area (Å²) >= 11 is 0. The minimum Gasteiger partial charge on any atom is -0.481 e. The van der Waals surface area contributed by atoms with Gasteiger partial charge in [-0.2, -0.15) is 0 Å². The van der Waals surface area contributed by atoms with Crippen LogP contribution in [0, 0.1) is 5.41 Å². The number of amides is 2. The van der Waals surface area contributed by atoms with Crippen molar-refractivity contribution in [2.24, 2.45) is 5.41 Å². The average Bonchev–Trinajstić information content (AvgIpc) is 2.60. The predicted octanol–water partition coefficient (Wildman–Crippen LogP) is 1.85. The van der Waals surface area contributed by atoms with Crippen molar-refractivity contribution >= 4 is 12.0 Å². The first-order valence-electron chi connectivity index (χ1n) is 6.17. The number of carbonyl (C=O) groups excluding carboxylic acids is 1. The highest BCUT2D eigenvalue weighted by atomic mass is 16.4. The van der Waals surface area contributed by atoms with E-state index in [1.54, 1.807) is 14.0 Å². The van der Waals surface area contributed by atoms with Crippen LogP contribution in [-0.4, -0.2) is 41.6 Å². The number of rotatable bonds is 4. The van der Waals surface area contributed by atoms with Crippen LogP contribution in [0.1, 0.15) is 33.1 Å². The Kier molecular flexibility index (Phi) is 4.38. The summed E-state index contributed by atoms with van der Waals surface area (Å²) in [6.45, 7) is 7.77. The number of carbonyl (C=O) groups is 2. The summed E-state index contributed by atoms with van der Waals surface area (Å²) in [6, 6.07) is -0.535. The van der Waals surface area contributed by atoms with Crippen LogP contribution in [0.15, 0.2) is 12.2 Å². The van der Waals surface area contributed by atoms with E-state index in [1.807, 2.05) is 6.92 Å². The third-order valence-electron chi connectivity index (χ3n) is 3.60. The Balaban J connectivity index is 2.64. The van der Waals surface area contributed by atoms with Gasteiger partial charge in [-0.1, -0.05) is 18.6 Å². The zero-order valence-electron chi connectivity index (χ0n) is 11.3. The lowest BCUT2D eigenvalue weighted by molar-refractivity contribution is -0.148. The Morgan fingerprint density at radius 2 is 2.17 bits per heavy atom. The normalized spacial score (nSPS) is 26.7. The molecular weight excluding hydrogens is 232 g/mol. The maximum Gasteiger partial charge on any atom is 0.317 e. The number of hydrogen-bond donors (Lipinski definition) is 2. The Morgan fingerprint density at radius 1 is 1.56 bits per heavy atom. The summed E-state index contributed by atoms with van der Waals surface area (Å²) < 4.78 is 0. The highest BCUT2D eigenvalue weighted by Crippen LogP contribution is 2.38. The number of aliphatic carboxylic acids is 1. The first-order chi connectivity index (χ1) is 8.27. The van der Waals surface area contributed by atoms with Crippen molar-refractivity contribution in [3.63, 3.8) is 0 Å². The molecule has 5 nitrogen and oxygen atoms in total. The van der Waals surface area contributed by atoms with Gasteiger partial charge in [-0.3, -0.25) is 4.79 Å². The molecule has 0 spiro atoms. The third-order valence-corrected chi connectivity index (χ3v) is 3.60. The standard InChI is InChI=1S/C13H22N2O3/c1-9(2)8-15(4)12(18)14-10-6-5-7-13(10,3)11(16)17/h10H,1,5-8H2,2-4H3,(H,14,18)(H,16,17). The van der Waals surface area contributed by atoms with Crippen LogP contribution >= 0.6 is 0 Å². The molecule has 1 fully saturated rings. The van der Waals surface area contributed by atoms with Gasteiger partial charge >= 0.3 is 12.0 Å². The average molecular weight is 254 g/mol. The molecule has 2 unspecified atom stereocenters. The van der Waals surface area contributed by atoms with Gasteiger partial charge in [0.05, 0.1) is 5.41 Å². The Labute approximate surface area is 108 Å². The third kappa shape index (κ3) is 3.03. The van der Waals surface area contributed by atoms with Crippen molar-refractivity contribution in [1.29, 1.82) is 0 Å². The minimum absolute atomic E-state index is 0.239. The van der Waals surface area contributed by atoms with Gasteiger partial charge in [0.25, 0.3) is 0 Å². The van der Waals surface area contributed by atoms with E-state index in [2.05, 4.69) is 11.9 Å². The van der Waals surface area contributed by atoms with E-state index in [9.17, 15) is 14.7 Å². The van der Waals surface area contributed by atoms with Crippen LogP contribution in [-0.2, 0) is 4.79 Å². The zero-order chi connectivity index (χ0) is 13.9. The molecule has 0 aromatic rings. The van der Waals surface area contributed by atoms with Gasteiger partial charge < -0.3 is 15.3 Å². The van der Waals surface area contributed by atoms with E-state index in [0.29, 0.717) is 13.0 Å². The molecule has 102 valence electrons. The van der Waals surface area contributed by atoms with Gasteiger partial charge in [0.2, 0.25) is 0 Å². The molecule has 1 rings (SSSR count). The summed E-state index contributed by atoms with van der Waals surface area (Å²) in [4.78, 5) is 24.7. The summed E-state index contributed by atoms with van der Waals surface area (Å²) in [7, 11) is 1.68. The van der Waals surface area contributed by atoms with E-state index >= 15 is 0 Å². The fourth-order valence-electron chi connectivity index (χ4n) is 2.39. The molecule has 0 bridgehead atoms. The first kappa shape index (κ1) is 14.5. The molecule has 0 radical (unpaired) electrons. The lowest BCUT2D eigenvalue weighted by Crippen LogP contribution is -2.50. The molecule has 0 saturated heterocycles. The second-order valence-electron chi connectivity index (χ2n) is 5.43. The lowest BCUT2D eigenvalue weighted by Gasteiger charge is -2.29. The number of nitrogens with one attached hydrogen (secondary N) is 1. The monoisotopic (exact) mass is 254 g/mol. The summed E-state index contributed by atoms with van der Waals surface area (Å²) in [5.41, 5.74) is 0.0415. The van der Waals surface area contributed by atoms with E-state index in [1.165, 1.54) is 4.90 Å². The molecule has 5 heteroatoms. The van der Waals surface area contributed by atoms with Crippen molar-refractivity contribution in [2.45, 2.75) is 39.2 Å². The summed E-state index contributed by atoms with van der Waals surface area (Å²) in [5.74, 6) is -0.840. The Morgan fingerprint density at radius 3 is 2.67 bits per heavy atom. The fourth-order valence-corrected chi connectivity index (χ4v) is 2.39. The maximum absolute atomic E-state index is 11.9. The highest BCUT2D eigenvalue weighted by Gasteiger charge is 2.46. The highest BCUT2D eigenvalue weighted by molar-refractivity contribution is 5.79. The summed E-state index contributed by atoms with van der Waals surface area (Å²) in [5, 5.41) is 12.1. The van der Waals surface area contributed by atoms with E-state index in [-0.39, 0.29) is 12.1 Å². The van der Waals surface area contributed by atoms with E-state index < -0.39 is 11.4 Å². The molecule has 0 heterocycles. The number of nitrogens with zero attached hydrogens (tertiary/aromatic N) is 1. The zero-order valence-corrected chi connectivity index (χ0v) is 11.3. The molecule has 2 N–H and O–H groups in total. The largest absolute Gasteiger partial charge is 0.481 e. The van der Waals surface area contributed by atoms with Gasteiger partial charge in [0, 0.05) is 19.6 Å². The van der Waals surface area contributed by atoms with Gasteiger partial charge in [0.15, 0.2) is 0 Å². The van der Waals surface area contributed by atoms with Crippen molar-refractivity contribution in [3.05, 3.63) is 12.2 Å². The lowest BCUT2D eigenvalue weighted by atomic mass is 9.85. The van der Waals surface area contributed by atoms with E-state index in [4.69, 9.17) is 0 Å². The van der Waals surface area contributed by atoms with Crippen molar-refractivity contribution < 1.29 is 14.7 Å². The topological polar surface area (TPSA) is 69.6 Å². The molecule has 2 atom stereocenters. The van der Waals surface area contributed by atoms with Gasteiger partial charge in [-0.15, -0.1) is 0 Å². The van der Waals surface area contributed by atoms with Crippen LogP contribution < -0.4 is 5.32 Å². The molecular formula is C13H22N2O3. The van der Waals surface area contributed by atoms with Crippen LogP contribution in [0.4, 0.5) is 4.79 Å². The quantitative estimate of drug-likeness (QED) is 0.752. The fraction of sp³-hybridized carbons (Fsp3) is 0.692. The van der Waals surface area contributed by atoms with Crippen molar-refractivity contribution in [1.82, 2.24) is 10.2 Å². The smallest absolute Gasteiger partial charge is 0.317 e. The Bertz CT molecular complexity index is 367. The second kappa shape index (κ2) is 5.42. The number of urea groups is 1. The molecule has 18 heavy (non-hydrogen) atoms. The minimum atomic E-state index is -0.847.